The first kappa shape index (κ1) is 26.3. The van der Waals surface area contributed by atoms with E-state index in [0.717, 1.165) is 5.56 Å². The summed E-state index contributed by atoms with van der Waals surface area (Å²) in [5, 5.41) is 15.5. The zero-order valence-electron chi connectivity index (χ0n) is 20.0. The average Bonchev–Trinajstić information content (AvgIpc) is 2.84. The van der Waals surface area contributed by atoms with E-state index in [-0.39, 0.29) is 16.8 Å². The highest BCUT2D eigenvalue weighted by atomic mass is 35.5. The van der Waals surface area contributed by atoms with Gasteiger partial charge in [-0.1, -0.05) is 49.2 Å². The van der Waals surface area contributed by atoms with Gasteiger partial charge < -0.3 is 10.1 Å². The minimum absolute atomic E-state index is 0.119. The predicted molar refractivity (Wildman–Crippen MR) is 141 cm³/mol. The van der Waals surface area contributed by atoms with Crippen LogP contribution in [0.4, 0.5) is 21.9 Å². The van der Waals surface area contributed by atoms with Crippen LogP contribution in [-0.4, -0.2) is 18.1 Å². The molecule has 0 unspecified atom stereocenters. The Morgan fingerprint density at radius 2 is 1.66 bits per heavy atom. The molecule has 0 heterocycles. The average molecular weight is 516 g/mol. The number of urea groups is 1. The van der Waals surface area contributed by atoms with E-state index in [1.54, 1.807) is 48.4 Å². The number of anilines is 2. The molecular formula is C26H27Cl2N3O4. The maximum Gasteiger partial charge on any atom is 0.326 e. The molecule has 184 valence electrons. The van der Waals surface area contributed by atoms with Crippen LogP contribution in [-0.2, 0) is 12.8 Å². The maximum atomic E-state index is 13.8. The molecule has 2 amide bonds. The lowest BCUT2D eigenvalue weighted by atomic mass is 10.0. The van der Waals surface area contributed by atoms with Crippen molar-refractivity contribution >= 4 is 46.3 Å². The van der Waals surface area contributed by atoms with Crippen molar-refractivity contribution in [1.29, 1.82) is 0 Å². The van der Waals surface area contributed by atoms with Crippen LogP contribution in [0, 0.1) is 10.1 Å². The number of hydrogen-bond acceptors (Lipinski definition) is 4. The van der Waals surface area contributed by atoms with Crippen molar-refractivity contribution in [2.24, 2.45) is 0 Å². The van der Waals surface area contributed by atoms with Gasteiger partial charge in [0, 0.05) is 16.8 Å². The lowest BCUT2D eigenvalue weighted by molar-refractivity contribution is -0.385. The van der Waals surface area contributed by atoms with Gasteiger partial charge in [0.2, 0.25) is 0 Å². The minimum atomic E-state index is -0.475. The van der Waals surface area contributed by atoms with Crippen LogP contribution in [0.15, 0.2) is 54.6 Å². The molecule has 3 aromatic rings. The Kier molecular flexibility index (Phi) is 8.59. The first-order chi connectivity index (χ1) is 16.7. The summed E-state index contributed by atoms with van der Waals surface area (Å²) >= 11 is 12.5. The van der Waals surface area contributed by atoms with Crippen molar-refractivity contribution in [3.8, 4) is 5.75 Å². The van der Waals surface area contributed by atoms with E-state index in [9.17, 15) is 14.9 Å². The molecule has 35 heavy (non-hydrogen) atoms. The summed E-state index contributed by atoms with van der Waals surface area (Å²) in [6.07, 6.45) is 0.847. The normalized spacial score (nSPS) is 11.6. The van der Waals surface area contributed by atoms with Crippen LogP contribution in [0.1, 0.15) is 43.5 Å². The van der Waals surface area contributed by atoms with E-state index >= 15 is 0 Å². The SMILES string of the molecule is CCc1c(Cl)cc([N+](=O)[O-])c(CC)c1NC(=O)N(c1ccc(OC)cc1)[C@@H](C)c1ccc(Cl)cc1. The van der Waals surface area contributed by atoms with Gasteiger partial charge in [0.25, 0.3) is 5.69 Å². The molecule has 0 aromatic heterocycles. The predicted octanol–water partition coefficient (Wildman–Crippen LogP) is 7.83. The Morgan fingerprint density at radius 1 is 1.06 bits per heavy atom. The second kappa shape index (κ2) is 11.4. The molecule has 0 aliphatic carbocycles. The lowest BCUT2D eigenvalue weighted by Gasteiger charge is -2.31. The lowest BCUT2D eigenvalue weighted by Crippen LogP contribution is -2.37. The monoisotopic (exact) mass is 515 g/mol. The fourth-order valence-corrected chi connectivity index (χ4v) is 4.52. The Bertz CT molecular complexity index is 1210. The largest absolute Gasteiger partial charge is 0.497 e. The number of rotatable bonds is 8. The Hall–Kier alpha value is -3.29. The van der Waals surface area contributed by atoms with E-state index in [1.807, 2.05) is 32.9 Å². The summed E-state index contributed by atoms with van der Waals surface area (Å²) in [5.41, 5.74) is 2.82. The molecule has 3 rings (SSSR count). The molecule has 1 N–H and O–H groups in total. The first-order valence-corrected chi connectivity index (χ1v) is 12.0. The molecule has 3 aromatic carbocycles. The number of benzene rings is 3. The summed E-state index contributed by atoms with van der Waals surface area (Å²) in [7, 11) is 1.57. The fourth-order valence-electron chi connectivity index (χ4n) is 4.06. The highest BCUT2D eigenvalue weighted by Gasteiger charge is 2.28. The molecule has 1 atom stereocenters. The topological polar surface area (TPSA) is 84.7 Å². The molecule has 0 aliphatic rings. The number of carbonyl (C=O) groups is 1. The molecule has 0 aliphatic heterocycles. The number of nitro benzene ring substituents is 1. The van der Waals surface area contributed by atoms with Gasteiger partial charge in [-0.2, -0.15) is 0 Å². The molecule has 0 saturated heterocycles. The van der Waals surface area contributed by atoms with E-state index in [1.165, 1.54) is 6.07 Å². The van der Waals surface area contributed by atoms with Crippen LogP contribution in [0.5, 0.6) is 5.75 Å². The smallest absolute Gasteiger partial charge is 0.326 e. The van der Waals surface area contributed by atoms with E-state index < -0.39 is 11.0 Å². The van der Waals surface area contributed by atoms with Crippen molar-refractivity contribution in [3.63, 3.8) is 0 Å². The molecule has 0 spiro atoms. The number of carbonyl (C=O) groups excluding carboxylic acids is 1. The number of hydrogen-bond donors (Lipinski definition) is 1. The van der Waals surface area contributed by atoms with E-state index in [2.05, 4.69) is 5.32 Å². The number of halogens is 2. The van der Waals surface area contributed by atoms with Crippen LogP contribution < -0.4 is 15.0 Å². The minimum Gasteiger partial charge on any atom is -0.497 e. The third-order valence-electron chi connectivity index (χ3n) is 5.91. The summed E-state index contributed by atoms with van der Waals surface area (Å²) in [6, 6.07) is 14.9. The standard InChI is InChI=1S/C26H27Cl2N3O4/c1-5-21-23(28)15-24(31(33)34)22(6-2)25(21)29-26(32)30(19-11-13-20(35-4)14-12-19)16(3)17-7-9-18(27)10-8-17/h7-16H,5-6H2,1-4H3,(H,29,32)/t16-/m0/s1. The number of amides is 2. The second-order valence-corrected chi connectivity index (χ2v) is 8.74. The zero-order chi connectivity index (χ0) is 25.7. The van der Waals surface area contributed by atoms with Crippen molar-refractivity contribution < 1.29 is 14.5 Å². The number of nitro groups is 1. The van der Waals surface area contributed by atoms with E-state index in [4.69, 9.17) is 27.9 Å². The molecule has 7 nitrogen and oxygen atoms in total. The molecule has 0 saturated carbocycles. The summed E-state index contributed by atoms with van der Waals surface area (Å²) in [5.74, 6) is 0.653. The van der Waals surface area contributed by atoms with Crippen LogP contribution in [0.25, 0.3) is 0 Å². The Morgan fingerprint density at radius 3 is 2.17 bits per heavy atom. The van der Waals surface area contributed by atoms with Crippen molar-refractivity contribution in [3.05, 3.63) is 91.4 Å². The summed E-state index contributed by atoms with van der Waals surface area (Å²) in [6.45, 7) is 5.59. The van der Waals surface area contributed by atoms with Gasteiger partial charge in [-0.25, -0.2) is 4.79 Å². The zero-order valence-corrected chi connectivity index (χ0v) is 21.5. The Balaban J connectivity index is 2.11. The van der Waals surface area contributed by atoms with Crippen LogP contribution >= 0.6 is 23.2 Å². The number of nitrogens with one attached hydrogen (secondary N) is 1. The highest BCUT2D eigenvalue weighted by Crippen LogP contribution is 2.38. The van der Waals surface area contributed by atoms with Crippen molar-refractivity contribution in [2.75, 3.05) is 17.3 Å². The van der Waals surface area contributed by atoms with Crippen LogP contribution in [0.3, 0.4) is 0 Å². The maximum absolute atomic E-state index is 13.8. The fraction of sp³-hybridized carbons (Fsp3) is 0.269. The quantitative estimate of drug-likeness (QED) is 0.244. The van der Waals surface area contributed by atoms with Crippen LogP contribution in [0.2, 0.25) is 10.0 Å². The van der Waals surface area contributed by atoms with E-state index in [0.29, 0.717) is 46.1 Å². The van der Waals surface area contributed by atoms with Gasteiger partial charge in [-0.05, 0) is 67.3 Å². The molecule has 0 radical (unpaired) electrons. The molecule has 0 fully saturated rings. The third kappa shape index (κ3) is 5.69. The molecular weight excluding hydrogens is 489 g/mol. The van der Waals surface area contributed by atoms with Gasteiger partial charge in [0.05, 0.1) is 34.3 Å². The number of methoxy groups -OCH3 is 1. The van der Waals surface area contributed by atoms with Gasteiger partial charge in [-0.3, -0.25) is 15.0 Å². The third-order valence-corrected chi connectivity index (χ3v) is 6.50. The second-order valence-electron chi connectivity index (χ2n) is 7.90. The Labute approximate surface area is 214 Å². The molecule has 0 bridgehead atoms. The molecule has 9 heteroatoms. The number of ether oxygens (including phenoxy) is 1. The highest BCUT2D eigenvalue weighted by molar-refractivity contribution is 6.32. The summed E-state index contributed by atoms with van der Waals surface area (Å²) < 4.78 is 5.26. The summed E-state index contributed by atoms with van der Waals surface area (Å²) in [4.78, 5) is 26.6. The van der Waals surface area contributed by atoms with Crippen molar-refractivity contribution in [1.82, 2.24) is 0 Å². The van der Waals surface area contributed by atoms with Crippen molar-refractivity contribution in [2.45, 2.75) is 39.7 Å². The number of nitrogens with zero attached hydrogens (tertiary/aromatic N) is 2. The van der Waals surface area contributed by atoms with Gasteiger partial charge in [-0.15, -0.1) is 0 Å². The first-order valence-electron chi connectivity index (χ1n) is 11.2. The van der Waals surface area contributed by atoms with Gasteiger partial charge in [0.1, 0.15) is 5.75 Å². The van der Waals surface area contributed by atoms with Gasteiger partial charge in [0.15, 0.2) is 0 Å². The van der Waals surface area contributed by atoms with Gasteiger partial charge >= 0.3 is 6.03 Å².